The molecule has 0 saturated carbocycles. The zero-order valence-electron chi connectivity index (χ0n) is 13.4. The molecule has 0 spiro atoms. The molecule has 1 unspecified atom stereocenters. The lowest BCUT2D eigenvalue weighted by Gasteiger charge is -2.15. The number of hydrogen-bond acceptors (Lipinski definition) is 2. The van der Waals surface area contributed by atoms with Crippen LogP contribution in [0.5, 0.6) is 0 Å². The zero-order chi connectivity index (χ0) is 14.3. The molecule has 0 saturated heterocycles. The molecule has 0 aromatic rings. The van der Waals surface area contributed by atoms with Gasteiger partial charge in [-0.2, -0.15) is 0 Å². The van der Waals surface area contributed by atoms with E-state index >= 15 is 0 Å². The molecule has 0 rings (SSSR count). The van der Waals surface area contributed by atoms with Crippen LogP contribution >= 0.6 is 0 Å². The van der Waals surface area contributed by atoms with E-state index in [0.717, 1.165) is 12.8 Å². The molecule has 19 heavy (non-hydrogen) atoms. The number of carbonyl (C=O) groups is 1. The summed E-state index contributed by atoms with van der Waals surface area (Å²) in [5.41, 5.74) is 0. The summed E-state index contributed by atoms with van der Waals surface area (Å²) in [4.78, 5) is 11.9. The number of rotatable bonds is 13. The summed E-state index contributed by atoms with van der Waals surface area (Å²) in [7, 11) is 0. The number of hydrogen-bond donors (Lipinski definition) is 0. The van der Waals surface area contributed by atoms with E-state index in [2.05, 4.69) is 13.8 Å². The van der Waals surface area contributed by atoms with Crippen LogP contribution in [0.25, 0.3) is 0 Å². The summed E-state index contributed by atoms with van der Waals surface area (Å²) in [5.74, 6) is 0.188. The second kappa shape index (κ2) is 13.9. The molecule has 114 valence electrons. The van der Waals surface area contributed by atoms with Gasteiger partial charge in [-0.3, -0.25) is 4.79 Å². The number of unbranched alkanes of at least 4 members (excludes halogenated alkanes) is 7. The highest BCUT2D eigenvalue weighted by Crippen LogP contribution is 2.20. The standard InChI is InChI=1S/C17H34O2/c1-4-7-9-11-13-15-16(17(18)19-6-3)14-12-10-8-5-2/h16H,4-15H2,1-3H3. The molecule has 0 heterocycles. The van der Waals surface area contributed by atoms with Crippen molar-refractivity contribution in [1.82, 2.24) is 0 Å². The maximum atomic E-state index is 11.9. The molecule has 0 aromatic heterocycles. The van der Waals surface area contributed by atoms with Crippen molar-refractivity contribution in [2.45, 2.75) is 91.4 Å². The average molecular weight is 270 g/mol. The Morgan fingerprint density at radius 2 is 1.26 bits per heavy atom. The molecule has 0 aliphatic heterocycles. The van der Waals surface area contributed by atoms with Gasteiger partial charge < -0.3 is 4.74 Å². The highest BCUT2D eigenvalue weighted by molar-refractivity contribution is 5.72. The summed E-state index contributed by atoms with van der Waals surface area (Å²) in [5, 5.41) is 0. The molecule has 0 aromatic carbocycles. The first-order valence-electron chi connectivity index (χ1n) is 8.42. The molecule has 0 radical (unpaired) electrons. The smallest absolute Gasteiger partial charge is 0.308 e. The van der Waals surface area contributed by atoms with Crippen molar-refractivity contribution < 1.29 is 9.53 Å². The summed E-state index contributed by atoms with van der Waals surface area (Å²) < 4.78 is 5.20. The molecule has 0 aliphatic carbocycles. The van der Waals surface area contributed by atoms with E-state index < -0.39 is 0 Å². The highest BCUT2D eigenvalue weighted by Gasteiger charge is 2.18. The van der Waals surface area contributed by atoms with Crippen LogP contribution in [-0.4, -0.2) is 12.6 Å². The topological polar surface area (TPSA) is 26.3 Å². The third-order valence-electron chi connectivity index (χ3n) is 3.68. The lowest BCUT2D eigenvalue weighted by molar-refractivity contribution is -0.148. The fourth-order valence-electron chi connectivity index (χ4n) is 2.45. The van der Waals surface area contributed by atoms with Crippen LogP contribution in [0.15, 0.2) is 0 Å². The van der Waals surface area contributed by atoms with Crippen LogP contribution < -0.4 is 0 Å². The lowest BCUT2D eigenvalue weighted by atomic mass is 9.94. The largest absolute Gasteiger partial charge is 0.466 e. The van der Waals surface area contributed by atoms with Crippen molar-refractivity contribution in [1.29, 1.82) is 0 Å². The van der Waals surface area contributed by atoms with E-state index in [1.165, 1.54) is 57.8 Å². The molecule has 2 nitrogen and oxygen atoms in total. The minimum absolute atomic E-state index is 0.0366. The average Bonchev–Trinajstić information content (AvgIpc) is 2.41. The fraction of sp³-hybridized carbons (Fsp3) is 0.941. The third kappa shape index (κ3) is 11.0. The van der Waals surface area contributed by atoms with E-state index in [1.807, 2.05) is 6.92 Å². The fourth-order valence-corrected chi connectivity index (χ4v) is 2.45. The molecule has 0 bridgehead atoms. The Labute approximate surface area is 120 Å². The van der Waals surface area contributed by atoms with Gasteiger partial charge in [-0.25, -0.2) is 0 Å². The maximum Gasteiger partial charge on any atom is 0.308 e. The first-order valence-corrected chi connectivity index (χ1v) is 8.42. The second-order valence-electron chi connectivity index (χ2n) is 5.50. The molecular weight excluding hydrogens is 236 g/mol. The number of ether oxygens (including phenoxy) is 1. The molecule has 1 atom stereocenters. The van der Waals surface area contributed by atoms with E-state index in [9.17, 15) is 4.79 Å². The Morgan fingerprint density at radius 3 is 1.74 bits per heavy atom. The minimum atomic E-state index is 0.0366. The third-order valence-corrected chi connectivity index (χ3v) is 3.68. The predicted molar refractivity (Wildman–Crippen MR) is 82.3 cm³/mol. The zero-order valence-corrected chi connectivity index (χ0v) is 13.4. The van der Waals surface area contributed by atoms with Crippen LogP contribution in [0.1, 0.15) is 91.4 Å². The molecule has 0 N–H and O–H groups in total. The van der Waals surface area contributed by atoms with Crippen molar-refractivity contribution in [3.63, 3.8) is 0 Å². The van der Waals surface area contributed by atoms with Crippen LogP contribution in [0.4, 0.5) is 0 Å². The van der Waals surface area contributed by atoms with Gasteiger partial charge in [0.05, 0.1) is 12.5 Å². The molecule has 2 heteroatoms. The van der Waals surface area contributed by atoms with Crippen molar-refractivity contribution in [3.05, 3.63) is 0 Å². The van der Waals surface area contributed by atoms with Crippen molar-refractivity contribution in [2.75, 3.05) is 6.61 Å². The van der Waals surface area contributed by atoms with E-state index in [1.54, 1.807) is 0 Å². The SMILES string of the molecule is CCCCCCCC(CCCCCC)C(=O)OCC. The normalized spacial score (nSPS) is 12.4. The van der Waals surface area contributed by atoms with E-state index in [-0.39, 0.29) is 11.9 Å². The second-order valence-corrected chi connectivity index (χ2v) is 5.50. The summed E-state index contributed by atoms with van der Waals surface area (Å²) >= 11 is 0. The van der Waals surface area contributed by atoms with Crippen LogP contribution in [0.2, 0.25) is 0 Å². The van der Waals surface area contributed by atoms with Crippen LogP contribution in [-0.2, 0) is 9.53 Å². The van der Waals surface area contributed by atoms with Crippen LogP contribution in [0.3, 0.4) is 0 Å². The Bertz CT molecular complexity index is 201. The minimum Gasteiger partial charge on any atom is -0.466 e. The van der Waals surface area contributed by atoms with Gasteiger partial charge in [-0.15, -0.1) is 0 Å². The quantitative estimate of drug-likeness (QED) is 0.326. The van der Waals surface area contributed by atoms with Gasteiger partial charge >= 0.3 is 5.97 Å². The summed E-state index contributed by atoms with van der Waals surface area (Å²) in [6.45, 7) is 6.86. The van der Waals surface area contributed by atoms with Gasteiger partial charge in [-0.05, 0) is 19.8 Å². The van der Waals surface area contributed by atoms with E-state index in [0.29, 0.717) is 6.61 Å². The Kier molecular flexibility index (Phi) is 13.5. The highest BCUT2D eigenvalue weighted by atomic mass is 16.5. The van der Waals surface area contributed by atoms with Gasteiger partial charge in [0.25, 0.3) is 0 Å². The van der Waals surface area contributed by atoms with Gasteiger partial charge in [0.1, 0.15) is 0 Å². The molecular formula is C17H34O2. The van der Waals surface area contributed by atoms with Crippen LogP contribution in [0, 0.1) is 5.92 Å². The lowest BCUT2D eigenvalue weighted by Crippen LogP contribution is -2.18. The van der Waals surface area contributed by atoms with Gasteiger partial charge in [0, 0.05) is 0 Å². The maximum absolute atomic E-state index is 11.9. The number of esters is 1. The predicted octanol–water partition coefficient (Wildman–Crippen LogP) is 5.50. The first kappa shape index (κ1) is 18.5. The van der Waals surface area contributed by atoms with Crippen molar-refractivity contribution >= 4 is 5.97 Å². The molecule has 0 aliphatic rings. The monoisotopic (exact) mass is 270 g/mol. The van der Waals surface area contributed by atoms with Gasteiger partial charge in [0.15, 0.2) is 0 Å². The van der Waals surface area contributed by atoms with Crippen molar-refractivity contribution in [2.24, 2.45) is 5.92 Å². The number of carbonyl (C=O) groups excluding carboxylic acids is 1. The first-order chi connectivity index (χ1) is 9.26. The summed E-state index contributed by atoms with van der Waals surface area (Å²) in [6.07, 6.45) is 13.3. The van der Waals surface area contributed by atoms with Gasteiger partial charge in [-0.1, -0.05) is 71.6 Å². The van der Waals surface area contributed by atoms with Crippen molar-refractivity contribution in [3.8, 4) is 0 Å². The summed E-state index contributed by atoms with van der Waals surface area (Å²) in [6, 6.07) is 0. The molecule has 0 amide bonds. The Morgan fingerprint density at radius 1 is 0.789 bits per heavy atom. The Hall–Kier alpha value is -0.530. The van der Waals surface area contributed by atoms with E-state index in [4.69, 9.17) is 4.74 Å². The molecule has 0 fully saturated rings. The Balaban J connectivity index is 3.86. The van der Waals surface area contributed by atoms with Gasteiger partial charge in [0.2, 0.25) is 0 Å².